The van der Waals surface area contributed by atoms with Gasteiger partial charge in [0.1, 0.15) is 12.1 Å². The Morgan fingerprint density at radius 2 is 1.44 bits per heavy atom. The van der Waals surface area contributed by atoms with Crippen LogP contribution in [0.3, 0.4) is 0 Å². The van der Waals surface area contributed by atoms with Crippen LogP contribution in [-0.4, -0.2) is 62.0 Å². The van der Waals surface area contributed by atoms with Crippen LogP contribution in [0.1, 0.15) is 47.8 Å². The van der Waals surface area contributed by atoms with Gasteiger partial charge in [0.2, 0.25) is 5.91 Å². The number of anilines is 2. The fraction of sp³-hybridized carbons (Fsp3) is 0.308. The van der Waals surface area contributed by atoms with Gasteiger partial charge in [-0.05, 0) is 65.1 Å². The van der Waals surface area contributed by atoms with E-state index in [-0.39, 0.29) is 17.7 Å². The summed E-state index contributed by atoms with van der Waals surface area (Å²) in [5.41, 5.74) is 2.98. The Labute approximate surface area is 290 Å². The zero-order valence-electron chi connectivity index (χ0n) is 28.2. The van der Waals surface area contributed by atoms with E-state index in [1.165, 1.54) is 19.2 Å². The summed E-state index contributed by atoms with van der Waals surface area (Å²) < 4.78 is 44.2. The third-order valence-corrected chi connectivity index (χ3v) is 9.19. The molecular weight excluding hydrogens is 645 g/mol. The van der Waals surface area contributed by atoms with Crippen LogP contribution in [0.4, 0.5) is 24.5 Å². The minimum absolute atomic E-state index is 0.0961. The number of hydrogen-bond donors (Lipinski definition) is 2. The second kappa shape index (κ2) is 16.0. The Morgan fingerprint density at radius 3 is 2.04 bits per heavy atom. The molecule has 1 aliphatic rings. The second-order valence-corrected chi connectivity index (χ2v) is 12.4. The number of piperazine rings is 1. The maximum atomic E-state index is 13.8. The Morgan fingerprint density at radius 1 is 0.820 bits per heavy atom. The Hall–Kier alpha value is -5.16. The van der Waals surface area contributed by atoms with Crippen molar-refractivity contribution in [2.45, 2.75) is 38.5 Å². The van der Waals surface area contributed by atoms with Gasteiger partial charge in [-0.3, -0.25) is 14.5 Å². The summed E-state index contributed by atoms with van der Waals surface area (Å²) in [6.45, 7) is 6.37. The summed E-state index contributed by atoms with van der Waals surface area (Å²) in [4.78, 5) is 43.9. The van der Waals surface area contributed by atoms with Gasteiger partial charge in [0.05, 0.1) is 12.7 Å². The monoisotopic (exact) mass is 686 g/mol. The average Bonchev–Trinajstić information content (AvgIpc) is 3.14. The van der Waals surface area contributed by atoms with E-state index < -0.39 is 29.8 Å². The van der Waals surface area contributed by atoms with Crippen LogP contribution in [0.2, 0.25) is 0 Å². The van der Waals surface area contributed by atoms with E-state index in [4.69, 9.17) is 4.74 Å². The van der Waals surface area contributed by atoms with Crippen LogP contribution in [-0.2, 0) is 20.5 Å². The highest BCUT2D eigenvalue weighted by Crippen LogP contribution is 2.32. The van der Waals surface area contributed by atoms with Gasteiger partial charge < -0.3 is 20.3 Å². The molecule has 1 saturated heterocycles. The van der Waals surface area contributed by atoms with Crippen LogP contribution in [0.15, 0.2) is 103 Å². The van der Waals surface area contributed by atoms with E-state index in [1.807, 2.05) is 68.4 Å². The molecule has 4 aromatic rings. The molecule has 0 aromatic heterocycles. The molecule has 50 heavy (non-hydrogen) atoms. The Kier molecular flexibility index (Phi) is 11.6. The lowest BCUT2D eigenvalue weighted by atomic mass is 9.97. The van der Waals surface area contributed by atoms with Crippen molar-refractivity contribution < 1.29 is 32.3 Å². The topological polar surface area (TPSA) is 91.0 Å². The van der Waals surface area contributed by atoms with E-state index in [2.05, 4.69) is 20.4 Å². The average molecular weight is 687 g/mol. The molecule has 1 heterocycles. The summed E-state index contributed by atoms with van der Waals surface area (Å²) in [5, 5.41) is 5.87. The summed E-state index contributed by atoms with van der Waals surface area (Å²) in [6, 6.07) is 27.2. The lowest BCUT2D eigenvalue weighted by molar-refractivity contribution is -0.147. The number of methoxy groups -OCH3 is 1. The van der Waals surface area contributed by atoms with Crippen LogP contribution in [0.5, 0.6) is 0 Å². The SMILES string of the molecule is CCC(C)C(NC(=O)C(c1ccccc1)N1CCN(c2ccc(NC(=O)c3ccccc3-c3ccc(C(F)(F)F)cc3)cc2)CC1)C(=O)OC. The van der Waals surface area contributed by atoms with Crippen molar-refractivity contribution in [1.29, 1.82) is 0 Å². The second-order valence-electron chi connectivity index (χ2n) is 12.4. The molecular formula is C39H41F3N4O4. The van der Waals surface area contributed by atoms with E-state index >= 15 is 0 Å². The maximum absolute atomic E-state index is 13.8. The number of esters is 1. The van der Waals surface area contributed by atoms with Crippen LogP contribution >= 0.6 is 0 Å². The highest BCUT2D eigenvalue weighted by atomic mass is 19.4. The molecule has 2 amide bonds. The summed E-state index contributed by atoms with van der Waals surface area (Å²) in [7, 11) is 1.32. The zero-order valence-corrected chi connectivity index (χ0v) is 28.2. The molecule has 0 bridgehead atoms. The number of nitrogens with one attached hydrogen (secondary N) is 2. The molecule has 0 radical (unpaired) electrons. The first-order valence-electron chi connectivity index (χ1n) is 16.6. The number of carbonyl (C=O) groups excluding carboxylic acids is 3. The number of halogens is 3. The fourth-order valence-electron chi connectivity index (χ4n) is 6.16. The number of amides is 2. The van der Waals surface area contributed by atoms with Gasteiger partial charge in [-0.2, -0.15) is 13.2 Å². The molecule has 3 unspecified atom stereocenters. The third kappa shape index (κ3) is 8.52. The van der Waals surface area contributed by atoms with Crippen LogP contribution in [0, 0.1) is 5.92 Å². The van der Waals surface area contributed by atoms with Crippen molar-refractivity contribution in [2.24, 2.45) is 5.92 Å². The van der Waals surface area contributed by atoms with Gasteiger partial charge >= 0.3 is 12.1 Å². The highest BCUT2D eigenvalue weighted by molar-refractivity contribution is 6.08. The normalized spacial score (nSPS) is 15.4. The molecule has 11 heteroatoms. The van der Waals surface area contributed by atoms with E-state index in [0.717, 1.165) is 23.4 Å². The summed E-state index contributed by atoms with van der Waals surface area (Å²) >= 11 is 0. The summed E-state index contributed by atoms with van der Waals surface area (Å²) in [5.74, 6) is -1.19. The predicted molar refractivity (Wildman–Crippen MR) is 188 cm³/mol. The highest BCUT2D eigenvalue weighted by Gasteiger charge is 2.35. The molecule has 0 saturated carbocycles. The van der Waals surface area contributed by atoms with E-state index in [1.54, 1.807) is 24.3 Å². The number of hydrogen-bond acceptors (Lipinski definition) is 6. The van der Waals surface area contributed by atoms with Crippen molar-refractivity contribution in [3.05, 3.63) is 120 Å². The minimum Gasteiger partial charge on any atom is -0.467 e. The van der Waals surface area contributed by atoms with Gasteiger partial charge in [-0.25, -0.2) is 4.79 Å². The Bertz CT molecular complexity index is 1760. The minimum atomic E-state index is -4.44. The first-order chi connectivity index (χ1) is 24.0. The number of nitrogens with zero attached hydrogens (tertiary/aromatic N) is 2. The quantitative estimate of drug-likeness (QED) is 0.162. The van der Waals surface area contributed by atoms with E-state index in [0.29, 0.717) is 55.0 Å². The predicted octanol–water partition coefficient (Wildman–Crippen LogP) is 7.19. The van der Waals surface area contributed by atoms with E-state index in [9.17, 15) is 27.6 Å². The number of alkyl halides is 3. The molecule has 262 valence electrons. The number of benzene rings is 4. The standard InChI is InChI=1S/C39H41F3N4O4/c1-4-26(2)34(38(49)50-3)44-37(48)35(28-10-6-5-7-11-28)46-24-22-45(23-25-46)31-20-18-30(19-21-31)43-36(47)33-13-9-8-12-32(33)27-14-16-29(17-15-27)39(40,41)42/h5-21,26,34-35H,4,22-25H2,1-3H3,(H,43,47)(H,44,48). The molecule has 1 fully saturated rings. The molecule has 1 aliphatic heterocycles. The van der Waals surface area contributed by atoms with Gasteiger partial charge in [0.15, 0.2) is 0 Å². The third-order valence-electron chi connectivity index (χ3n) is 9.19. The van der Waals surface area contributed by atoms with Crippen LogP contribution in [0.25, 0.3) is 11.1 Å². The maximum Gasteiger partial charge on any atom is 0.416 e. The van der Waals surface area contributed by atoms with Crippen LogP contribution < -0.4 is 15.5 Å². The first-order valence-corrected chi connectivity index (χ1v) is 16.6. The van der Waals surface area contributed by atoms with Crippen molar-refractivity contribution in [1.82, 2.24) is 10.2 Å². The number of rotatable bonds is 11. The van der Waals surface area contributed by atoms with Crippen molar-refractivity contribution in [2.75, 3.05) is 43.5 Å². The van der Waals surface area contributed by atoms with Crippen molar-refractivity contribution >= 4 is 29.2 Å². The zero-order chi connectivity index (χ0) is 35.8. The first kappa shape index (κ1) is 36.1. The van der Waals surface area contributed by atoms with Crippen molar-refractivity contribution in [3.63, 3.8) is 0 Å². The van der Waals surface area contributed by atoms with Crippen molar-refractivity contribution in [3.8, 4) is 11.1 Å². The molecule has 2 N–H and O–H groups in total. The fourth-order valence-corrected chi connectivity index (χ4v) is 6.16. The molecule has 0 aliphatic carbocycles. The van der Waals surface area contributed by atoms with Gasteiger partial charge in [-0.15, -0.1) is 0 Å². The van der Waals surface area contributed by atoms with Gasteiger partial charge in [0.25, 0.3) is 5.91 Å². The molecule has 8 nitrogen and oxygen atoms in total. The largest absolute Gasteiger partial charge is 0.467 e. The summed E-state index contributed by atoms with van der Waals surface area (Å²) in [6.07, 6.45) is -3.74. The molecule has 0 spiro atoms. The molecule has 5 rings (SSSR count). The number of carbonyl (C=O) groups is 3. The lowest BCUT2D eigenvalue weighted by Gasteiger charge is -2.40. The lowest BCUT2D eigenvalue weighted by Crippen LogP contribution is -2.54. The Balaban J connectivity index is 1.24. The number of ether oxygens (including phenoxy) is 1. The smallest absolute Gasteiger partial charge is 0.416 e. The van der Waals surface area contributed by atoms with Gasteiger partial charge in [0, 0.05) is 43.1 Å². The molecule has 4 aromatic carbocycles. The molecule has 3 atom stereocenters. The van der Waals surface area contributed by atoms with Gasteiger partial charge in [-0.1, -0.05) is 80.9 Å².